The molecule has 1 saturated carbocycles. The van der Waals surface area contributed by atoms with Crippen molar-refractivity contribution < 1.29 is 17.6 Å². The summed E-state index contributed by atoms with van der Waals surface area (Å²) in [7, 11) is 0. The number of fused-ring (bicyclic) bond motifs is 1. The number of alkyl halides is 3. The predicted octanol–water partition coefficient (Wildman–Crippen LogP) is 5.39. The Hall–Kier alpha value is -2.49. The fourth-order valence-corrected chi connectivity index (χ4v) is 3.92. The molecule has 1 fully saturated rings. The maximum atomic E-state index is 14.5. The zero-order valence-electron chi connectivity index (χ0n) is 16.0. The van der Waals surface area contributed by atoms with Gasteiger partial charge in [-0.2, -0.15) is 13.2 Å². The van der Waals surface area contributed by atoms with Gasteiger partial charge in [-0.05, 0) is 48.7 Å². The molecule has 1 aromatic carbocycles. The van der Waals surface area contributed by atoms with Gasteiger partial charge in [-0.25, -0.2) is 14.4 Å². The average molecular weight is 485 g/mol. The number of rotatable bonds is 4. The molecule has 1 aliphatic rings. The number of nitrogens with zero attached hydrogens (tertiary/aromatic N) is 3. The van der Waals surface area contributed by atoms with E-state index < -0.39 is 23.6 Å². The molecule has 0 unspecified atom stereocenters. The molecule has 3 aromatic rings. The van der Waals surface area contributed by atoms with E-state index in [1.807, 2.05) is 6.92 Å². The van der Waals surface area contributed by atoms with Crippen molar-refractivity contribution in [1.82, 2.24) is 14.5 Å². The molecule has 1 aliphatic carbocycles. The highest BCUT2D eigenvalue weighted by molar-refractivity contribution is 9.10. The van der Waals surface area contributed by atoms with Crippen molar-refractivity contribution in [2.75, 3.05) is 5.32 Å². The molecule has 10 heteroatoms. The summed E-state index contributed by atoms with van der Waals surface area (Å²) in [4.78, 5) is 21.0. The summed E-state index contributed by atoms with van der Waals surface area (Å²) in [5, 5.41) is 3.48. The number of hydrogen-bond acceptors (Lipinski definition) is 4. The summed E-state index contributed by atoms with van der Waals surface area (Å²) in [6, 6.07) is 2.35. The van der Waals surface area contributed by atoms with Gasteiger partial charge in [0.2, 0.25) is 0 Å². The zero-order valence-corrected chi connectivity index (χ0v) is 17.6. The normalized spacial score (nSPS) is 16.5. The Morgan fingerprint density at radius 1 is 1.27 bits per heavy atom. The molecule has 0 bridgehead atoms. The Morgan fingerprint density at radius 3 is 2.60 bits per heavy atom. The largest absolute Gasteiger partial charge is 0.419 e. The molecule has 4 rings (SSSR count). The minimum atomic E-state index is -4.79. The first-order chi connectivity index (χ1) is 14.0. The number of aromatic nitrogens is 3. The van der Waals surface area contributed by atoms with Crippen molar-refractivity contribution >= 4 is 32.7 Å². The van der Waals surface area contributed by atoms with Crippen LogP contribution in [-0.2, 0) is 11.7 Å². The third kappa shape index (κ3) is 3.46. The summed E-state index contributed by atoms with van der Waals surface area (Å²) < 4.78 is 55.6. The number of hydrogen-bond donors (Lipinski definition) is 1. The molecule has 0 saturated heterocycles. The fraction of sp³-hybridized carbons (Fsp3) is 0.350. The highest BCUT2D eigenvalue weighted by Crippen LogP contribution is 2.43. The molecule has 1 atom stereocenters. The summed E-state index contributed by atoms with van der Waals surface area (Å²) in [6.07, 6.45) is -0.192. The highest BCUT2D eigenvalue weighted by atomic mass is 79.9. The third-order valence-corrected chi connectivity index (χ3v) is 6.18. The minimum Gasteiger partial charge on any atom is -0.363 e. The van der Waals surface area contributed by atoms with Gasteiger partial charge >= 0.3 is 6.18 Å². The van der Waals surface area contributed by atoms with Gasteiger partial charge in [-0.15, -0.1) is 0 Å². The molecule has 0 spiro atoms. The summed E-state index contributed by atoms with van der Waals surface area (Å²) >= 11 is 3.30. The van der Waals surface area contributed by atoms with E-state index in [0.29, 0.717) is 22.8 Å². The van der Waals surface area contributed by atoms with Crippen LogP contribution in [0, 0.1) is 5.82 Å². The lowest BCUT2D eigenvalue weighted by Gasteiger charge is -2.20. The van der Waals surface area contributed by atoms with E-state index in [0.717, 1.165) is 12.8 Å². The van der Waals surface area contributed by atoms with E-state index in [4.69, 9.17) is 0 Å². The summed E-state index contributed by atoms with van der Waals surface area (Å²) in [5.74, 6) is -1.03. The predicted molar refractivity (Wildman–Crippen MR) is 108 cm³/mol. The van der Waals surface area contributed by atoms with Gasteiger partial charge < -0.3 is 9.88 Å². The first-order valence-corrected chi connectivity index (χ1v) is 10.0. The van der Waals surface area contributed by atoms with E-state index in [1.54, 1.807) is 17.7 Å². The van der Waals surface area contributed by atoms with Crippen LogP contribution < -0.4 is 10.9 Å². The van der Waals surface area contributed by atoms with Gasteiger partial charge in [-0.3, -0.25) is 4.79 Å². The number of halogens is 5. The second-order valence-corrected chi connectivity index (χ2v) is 8.47. The number of benzene rings is 1. The van der Waals surface area contributed by atoms with Gasteiger partial charge in [-0.1, -0.05) is 12.1 Å². The van der Waals surface area contributed by atoms with Crippen molar-refractivity contribution in [1.29, 1.82) is 0 Å². The lowest BCUT2D eigenvalue weighted by Crippen LogP contribution is -2.28. The van der Waals surface area contributed by atoms with Crippen LogP contribution in [0.2, 0.25) is 0 Å². The molecule has 2 heterocycles. The third-order valence-electron chi connectivity index (χ3n) is 5.47. The molecule has 1 N–H and O–H groups in total. The van der Waals surface area contributed by atoms with Gasteiger partial charge in [0.15, 0.2) is 0 Å². The zero-order chi connectivity index (χ0) is 21.8. The molecule has 0 radical (unpaired) electrons. The van der Waals surface area contributed by atoms with E-state index in [2.05, 4.69) is 31.2 Å². The maximum absolute atomic E-state index is 14.5. The Bertz CT molecular complexity index is 1200. The fourth-order valence-electron chi connectivity index (χ4n) is 3.41. The Balaban J connectivity index is 1.78. The summed E-state index contributed by atoms with van der Waals surface area (Å²) in [6.45, 7) is 3.50. The molecular formula is C20H17BrF4N4O. The Labute approximate surface area is 177 Å². The average Bonchev–Trinajstić information content (AvgIpc) is 3.42. The second-order valence-electron chi connectivity index (χ2n) is 7.67. The smallest absolute Gasteiger partial charge is 0.363 e. The van der Waals surface area contributed by atoms with E-state index in [1.165, 1.54) is 18.5 Å². The monoisotopic (exact) mass is 484 g/mol. The minimum absolute atomic E-state index is 0.141. The van der Waals surface area contributed by atoms with Crippen LogP contribution in [-0.4, -0.2) is 14.5 Å². The second kappa shape index (κ2) is 7.04. The van der Waals surface area contributed by atoms with Gasteiger partial charge in [0.1, 0.15) is 22.4 Å². The SMILES string of the molecule is C[C@@H](Nc1ncnc2c(Br)c(=O)n(C3(C)CC3)cc12)c1cccc(C(F)(F)F)c1F. The first kappa shape index (κ1) is 20.8. The van der Waals surface area contributed by atoms with Crippen molar-refractivity contribution in [3.63, 3.8) is 0 Å². The number of pyridine rings is 1. The molecule has 5 nitrogen and oxygen atoms in total. The van der Waals surface area contributed by atoms with Crippen molar-refractivity contribution in [2.24, 2.45) is 0 Å². The molecule has 158 valence electrons. The van der Waals surface area contributed by atoms with Crippen LogP contribution in [0.3, 0.4) is 0 Å². The van der Waals surface area contributed by atoms with Crippen LogP contribution in [0.25, 0.3) is 10.9 Å². The van der Waals surface area contributed by atoms with Crippen LogP contribution >= 0.6 is 15.9 Å². The molecular weight excluding hydrogens is 468 g/mol. The number of anilines is 1. The van der Waals surface area contributed by atoms with E-state index in [-0.39, 0.29) is 21.1 Å². The highest BCUT2D eigenvalue weighted by Gasteiger charge is 2.41. The van der Waals surface area contributed by atoms with Gasteiger partial charge in [0.05, 0.1) is 22.5 Å². The van der Waals surface area contributed by atoms with E-state index in [9.17, 15) is 22.4 Å². The van der Waals surface area contributed by atoms with Gasteiger partial charge in [0, 0.05) is 17.3 Å². The summed E-state index contributed by atoms with van der Waals surface area (Å²) in [5.41, 5.74) is -1.60. The topological polar surface area (TPSA) is 59.8 Å². The maximum Gasteiger partial charge on any atom is 0.419 e. The van der Waals surface area contributed by atoms with Crippen molar-refractivity contribution in [3.05, 3.63) is 62.5 Å². The molecule has 0 aliphatic heterocycles. The van der Waals surface area contributed by atoms with Crippen LogP contribution in [0.4, 0.5) is 23.4 Å². The number of nitrogens with one attached hydrogen (secondary N) is 1. The van der Waals surface area contributed by atoms with Crippen molar-refractivity contribution in [2.45, 2.75) is 44.4 Å². The Morgan fingerprint density at radius 2 is 1.97 bits per heavy atom. The molecule has 2 aromatic heterocycles. The standard InChI is InChI=1S/C20H17BrF4N4O/c1-10(11-4-3-5-13(15(11)22)20(23,24)25)28-17-12-8-29(19(2)6-7-19)18(30)14(21)16(12)26-9-27-17/h3-5,8-10H,6-7H2,1-2H3,(H,26,27,28)/t10-/m1/s1. The van der Waals surface area contributed by atoms with E-state index >= 15 is 0 Å². The molecule has 30 heavy (non-hydrogen) atoms. The lowest BCUT2D eigenvalue weighted by atomic mass is 10.0. The first-order valence-electron chi connectivity index (χ1n) is 9.21. The van der Waals surface area contributed by atoms with Crippen LogP contribution in [0.1, 0.15) is 43.9 Å². The van der Waals surface area contributed by atoms with Gasteiger partial charge in [0.25, 0.3) is 5.56 Å². The quantitative estimate of drug-likeness (QED) is 0.504. The Kier molecular flexibility index (Phi) is 4.87. The molecule has 0 amide bonds. The van der Waals surface area contributed by atoms with Crippen LogP contribution in [0.15, 0.2) is 40.0 Å². The lowest BCUT2D eigenvalue weighted by molar-refractivity contribution is -0.140. The van der Waals surface area contributed by atoms with Crippen LogP contribution in [0.5, 0.6) is 0 Å². The van der Waals surface area contributed by atoms with Crippen molar-refractivity contribution in [3.8, 4) is 0 Å².